The SMILES string of the molecule is COCCn1c(CN2CCN(c3ccc(OC)cc3)CC2)cnc1S(=O)(=O)CC1CC1. The highest BCUT2D eigenvalue weighted by Gasteiger charge is 2.32. The second-order valence-corrected chi connectivity index (χ2v) is 10.3. The van der Waals surface area contributed by atoms with Crippen LogP contribution in [0.2, 0.25) is 0 Å². The van der Waals surface area contributed by atoms with E-state index in [2.05, 4.69) is 26.9 Å². The molecule has 2 heterocycles. The van der Waals surface area contributed by atoms with E-state index < -0.39 is 9.84 Å². The molecular weight excluding hydrogens is 416 g/mol. The predicted octanol–water partition coefficient (Wildman–Crippen LogP) is 2.04. The molecule has 2 aliphatic rings. The van der Waals surface area contributed by atoms with Gasteiger partial charge in [-0.05, 0) is 43.0 Å². The summed E-state index contributed by atoms with van der Waals surface area (Å²) in [5.74, 6) is 1.36. The first-order valence-corrected chi connectivity index (χ1v) is 12.5. The first-order valence-electron chi connectivity index (χ1n) is 10.9. The van der Waals surface area contributed by atoms with E-state index in [-0.39, 0.29) is 10.9 Å². The van der Waals surface area contributed by atoms with Gasteiger partial charge in [0.25, 0.3) is 0 Å². The number of rotatable bonds is 10. The van der Waals surface area contributed by atoms with Gasteiger partial charge < -0.3 is 18.9 Å². The standard InChI is InChI=1S/C22H32N4O4S/c1-29-14-13-26-20(15-23-22(26)31(27,28)17-18-3-4-18)16-24-9-11-25(12-10-24)19-5-7-21(30-2)8-6-19/h5-8,15,18H,3-4,9-14,16-17H2,1-2H3. The van der Waals surface area contributed by atoms with Gasteiger partial charge in [-0.2, -0.15) is 0 Å². The maximum atomic E-state index is 12.9. The molecule has 31 heavy (non-hydrogen) atoms. The van der Waals surface area contributed by atoms with Crippen LogP contribution >= 0.6 is 0 Å². The summed E-state index contributed by atoms with van der Waals surface area (Å²) >= 11 is 0. The van der Waals surface area contributed by atoms with Gasteiger partial charge in [0.2, 0.25) is 15.0 Å². The zero-order valence-corrected chi connectivity index (χ0v) is 19.2. The van der Waals surface area contributed by atoms with Gasteiger partial charge in [0.15, 0.2) is 0 Å². The van der Waals surface area contributed by atoms with Crippen molar-refractivity contribution in [1.29, 1.82) is 0 Å². The summed E-state index contributed by atoms with van der Waals surface area (Å²) in [4.78, 5) is 9.06. The van der Waals surface area contributed by atoms with E-state index in [1.807, 2.05) is 16.7 Å². The molecule has 0 unspecified atom stereocenters. The van der Waals surface area contributed by atoms with Crippen molar-refractivity contribution >= 4 is 15.5 Å². The largest absolute Gasteiger partial charge is 0.497 e. The fraction of sp³-hybridized carbons (Fsp3) is 0.591. The third-order valence-corrected chi connectivity index (χ3v) is 7.84. The molecule has 9 heteroatoms. The Hall–Kier alpha value is -2.10. The average molecular weight is 449 g/mol. The van der Waals surface area contributed by atoms with Gasteiger partial charge in [-0.15, -0.1) is 0 Å². The van der Waals surface area contributed by atoms with Crippen LogP contribution in [-0.4, -0.2) is 75.6 Å². The number of hydrogen-bond donors (Lipinski definition) is 0. The lowest BCUT2D eigenvalue weighted by Gasteiger charge is -2.36. The van der Waals surface area contributed by atoms with Crippen molar-refractivity contribution in [3.05, 3.63) is 36.2 Å². The fourth-order valence-corrected chi connectivity index (χ4v) is 5.90. The van der Waals surface area contributed by atoms with Crippen molar-refractivity contribution in [3.8, 4) is 5.75 Å². The van der Waals surface area contributed by atoms with E-state index in [0.29, 0.717) is 25.6 Å². The maximum Gasteiger partial charge on any atom is 0.227 e. The Kier molecular flexibility index (Phi) is 6.83. The van der Waals surface area contributed by atoms with E-state index >= 15 is 0 Å². The van der Waals surface area contributed by atoms with Crippen molar-refractivity contribution in [3.63, 3.8) is 0 Å². The molecule has 0 amide bonds. The zero-order chi connectivity index (χ0) is 21.8. The second kappa shape index (κ2) is 9.58. The van der Waals surface area contributed by atoms with E-state index in [9.17, 15) is 8.42 Å². The molecule has 0 atom stereocenters. The van der Waals surface area contributed by atoms with E-state index in [4.69, 9.17) is 9.47 Å². The molecule has 1 aromatic carbocycles. The number of piperazine rings is 1. The van der Waals surface area contributed by atoms with Gasteiger partial charge >= 0.3 is 0 Å². The molecule has 1 aromatic heterocycles. The lowest BCUT2D eigenvalue weighted by Crippen LogP contribution is -2.46. The summed E-state index contributed by atoms with van der Waals surface area (Å²) in [7, 11) is -0.0627. The topological polar surface area (TPSA) is 76.9 Å². The molecule has 8 nitrogen and oxygen atoms in total. The van der Waals surface area contributed by atoms with Crippen LogP contribution in [0, 0.1) is 5.92 Å². The van der Waals surface area contributed by atoms with Crippen LogP contribution in [0.25, 0.3) is 0 Å². The molecule has 0 spiro atoms. The van der Waals surface area contributed by atoms with Crippen LogP contribution in [0.15, 0.2) is 35.6 Å². The van der Waals surface area contributed by atoms with E-state index in [1.54, 1.807) is 20.4 Å². The van der Waals surface area contributed by atoms with Gasteiger partial charge in [-0.3, -0.25) is 4.90 Å². The minimum absolute atomic E-state index is 0.198. The number of sulfone groups is 1. The van der Waals surface area contributed by atoms with Crippen LogP contribution in [0.5, 0.6) is 5.75 Å². The number of hydrogen-bond acceptors (Lipinski definition) is 7. The van der Waals surface area contributed by atoms with Crippen LogP contribution in [0.1, 0.15) is 18.5 Å². The Morgan fingerprint density at radius 1 is 1.06 bits per heavy atom. The highest BCUT2D eigenvalue weighted by Crippen LogP contribution is 2.32. The van der Waals surface area contributed by atoms with Crippen molar-refractivity contribution < 1.29 is 17.9 Å². The highest BCUT2D eigenvalue weighted by molar-refractivity contribution is 7.91. The number of methoxy groups -OCH3 is 2. The first-order chi connectivity index (χ1) is 15.0. The molecule has 2 fully saturated rings. The monoisotopic (exact) mass is 448 g/mol. The molecule has 1 aliphatic carbocycles. The van der Waals surface area contributed by atoms with Gasteiger partial charge in [-0.25, -0.2) is 13.4 Å². The number of benzene rings is 1. The van der Waals surface area contributed by atoms with Crippen molar-refractivity contribution in [2.45, 2.75) is 31.1 Å². The van der Waals surface area contributed by atoms with E-state index in [0.717, 1.165) is 50.5 Å². The summed E-state index contributed by atoms with van der Waals surface area (Å²) in [6, 6.07) is 8.15. The third-order valence-electron chi connectivity index (χ3n) is 6.05. The third kappa shape index (κ3) is 5.39. The molecule has 1 aliphatic heterocycles. The Bertz CT molecular complexity index is 962. The summed E-state index contributed by atoms with van der Waals surface area (Å²) in [5, 5.41) is 0.198. The maximum absolute atomic E-state index is 12.9. The smallest absolute Gasteiger partial charge is 0.227 e. The van der Waals surface area contributed by atoms with Crippen LogP contribution in [0.3, 0.4) is 0 Å². The van der Waals surface area contributed by atoms with Crippen LogP contribution < -0.4 is 9.64 Å². The van der Waals surface area contributed by atoms with Gasteiger partial charge in [-0.1, -0.05) is 0 Å². The Morgan fingerprint density at radius 3 is 2.39 bits per heavy atom. The molecular formula is C22H32N4O4S. The Labute approximate surface area is 184 Å². The molecule has 1 saturated carbocycles. The molecule has 2 aromatic rings. The molecule has 0 bridgehead atoms. The number of anilines is 1. The van der Waals surface area contributed by atoms with Crippen LogP contribution in [0.4, 0.5) is 5.69 Å². The highest BCUT2D eigenvalue weighted by atomic mass is 32.2. The quantitative estimate of drug-likeness (QED) is 0.550. The molecule has 0 N–H and O–H groups in total. The second-order valence-electron chi connectivity index (χ2n) is 8.36. The normalized spacial score (nSPS) is 17.8. The number of nitrogens with zero attached hydrogens (tertiary/aromatic N) is 4. The molecule has 170 valence electrons. The lowest BCUT2D eigenvalue weighted by molar-refractivity contribution is 0.180. The van der Waals surface area contributed by atoms with Gasteiger partial charge in [0.05, 0.1) is 31.4 Å². The molecule has 4 rings (SSSR count). The zero-order valence-electron chi connectivity index (χ0n) is 18.4. The lowest BCUT2D eigenvalue weighted by atomic mass is 10.2. The van der Waals surface area contributed by atoms with Gasteiger partial charge in [0.1, 0.15) is 5.75 Å². The fourth-order valence-electron chi connectivity index (χ4n) is 4.04. The van der Waals surface area contributed by atoms with Crippen molar-refractivity contribution in [2.75, 3.05) is 57.7 Å². The van der Waals surface area contributed by atoms with Crippen molar-refractivity contribution in [2.24, 2.45) is 5.92 Å². The summed E-state index contributed by atoms with van der Waals surface area (Å²) in [5.41, 5.74) is 2.13. The van der Waals surface area contributed by atoms with E-state index in [1.165, 1.54) is 5.69 Å². The summed E-state index contributed by atoms with van der Waals surface area (Å²) in [6.45, 7) is 5.30. The Balaban J connectivity index is 1.41. The number of imidazole rings is 1. The average Bonchev–Trinajstić information content (AvgIpc) is 3.49. The summed E-state index contributed by atoms with van der Waals surface area (Å²) in [6.07, 6.45) is 3.73. The Morgan fingerprint density at radius 2 is 1.77 bits per heavy atom. The molecule has 1 saturated heterocycles. The predicted molar refractivity (Wildman–Crippen MR) is 119 cm³/mol. The first kappa shape index (κ1) is 22.1. The van der Waals surface area contributed by atoms with Crippen molar-refractivity contribution in [1.82, 2.24) is 14.5 Å². The van der Waals surface area contributed by atoms with Gasteiger partial charge in [0, 0.05) is 52.1 Å². The molecule has 0 radical (unpaired) electrons. The number of aromatic nitrogens is 2. The number of ether oxygens (including phenoxy) is 2. The minimum atomic E-state index is -3.37. The summed E-state index contributed by atoms with van der Waals surface area (Å²) < 4.78 is 38.0. The minimum Gasteiger partial charge on any atom is -0.497 e. The van der Waals surface area contributed by atoms with Crippen LogP contribution in [-0.2, 0) is 27.7 Å².